The first-order valence-corrected chi connectivity index (χ1v) is 4.37. The van der Waals surface area contributed by atoms with Gasteiger partial charge in [0.1, 0.15) is 23.5 Å². The van der Waals surface area contributed by atoms with E-state index in [1.165, 1.54) is 0 Å². The Bertz CT molecular complexity index is 136. The second-order valence-electron chi connectivity index (χ2n) is 4.30. The summed E-state index contributed by atoms with van der Waals surface area (Å²) >= 11 is 0. The topological polar surface area (TPSA) is 12.5 Å². The average molecular weight is 151 g/mol. The Hall–Kier alpha value is 0.115. The van der Waals surface area contributed by atoms with E-state index in [2.05, 4.69) is 35.4 Å². The molecule has 0 radical (unpaired) electrons. The Balaban J connectivity index is 2.46. The van der Waals surface area contributed by atoms with Gasteiger partial charge in [-0.05, 0) is 6.92 Å². The summed E-state index contributed by atoms with van der Waals surface area (Å²) in [4.78, 5) is 2.47. The summed E-state index contributed by atoms with van der Waals surface area (Å²) in [7, 11) is 6.76. The minimum atomic E-state index is 0.304. The second-order valence-corrected chi connectivity index (χ2v) is 4.30. The molecular formula is C6H16B3NO. The predicted molar refractivity (Wildman–Crippen MR) is 55.4 cm³/mol. The Morgan fingerprint density at radius 3 is 2.45 bits per heavy atom. The van der Waals surface area contributed by atoms with Crippen molar-refractivity contribution in [2.24, 2.45) is 0 Å². The molecule has 1 saturated heterocycles. The van der Waals surface area contributed by atoms with Gasteiger partial charge in [-0.25, -0.2) is 0 Å². The van der Waals surface area contributed by atoms with Crippen LogP contribution in [0.4, 0.5) is 0 Å². The first kappa shape index (κ1) is 9.20. The van der Waals surface area contributed by atoms with E-state index in [0.29, 0.717) is 11.3 Å². The highest BCUT2D eigenvalue weighted by Crippen LogP contribution is 2.09. The molecule has 1 unspecified atom stereocenters. The third-order valence-electron chi connectivity index (χ3n) is 2.19. The molecule has 0 aliphatic carbocycles. The highest BCUT2D eigenvalue weighted by molar-refractivity contribution is 6.59. The van der Waals surface area contributed by atoms with Crippen LogP contribution in [0.1, 0.15) is 6.92 Å². The molecule has 1 heterocycles. The van der Waals surface area contributed by atoms with E-state index in [4.69, 9.17) is 4.74 Å². The molecule has 1 atom stereocenters. The van der Waals surface area contributed by atoms with Crippen molar-refractivity contribution in [2.45, 2.75) is 18.3 Å². The molecule has 0 aromatic rings. The van der Waals surface area contributed by atoms with Gasteiger partial charge in [0, 0.05) is 13.1 Å². The van der Waals surface area contributed by atoms with Crippen LogP contribution in [0.15, 0.2) is 0 Å². The van der Waals surface area contributed by atoms with Gasteiger partial charge < -0.3 is 9.64 Å². The Labute approximate surface area is 71.9 Å². The van der Waals surface area contributed by atoms with Gasteiger partial charge in [-0.2, -0.15) is 0 Å². The fourth-order valence-electron chi connectivity index (χ4n) is 1.43. The van der Waals surface area contributed by atoms with Crippen molar-refractivity contribution >= 4 is 23.5 Å². The lowest BCUT2D eigenvalue weighted by Gasteiger charge is -2.41. The molecule has 5 heteroatoms. The first-order chi connectivity index (χ1) is 5.00. The molecule has 1 rings (SSSR count). The Morgan fingerprint density at radius 2 is 2.09 bits per heavy atom. The van der Waals surface area contributed by atoms with Crippen LogP contribution in [0.2, 0.25) is 0 Å². The molecule has 0 bridgehead atoms. The maximum atomic E-state index is 5.46. The molecule has 2 nitrogen and oxygen atoms in total. The lowest BCUT2D eigenvalue weighted by Crippen LogP contribution is -2.56. The quantitative estimate of drug-likeness (QED) is 0.375. The third kappa shape index (κ3) is 2.56. The van der Waals surface area contributed by atoms with Crippen molar-refractivity contribution in [1.82, 2.24) is 4.90 Å². The molecule has 1 aliphatic heterocycles. The average Bonchev–Trinajstić information content (AvgIpc) is 1.86. The van der Waals surface area contributed by atoms with E-state index >= 15 is 0 Å². The number of nitrogens with zero attached hydrogens (tertiary/aromatic N) is 1. The largest absolute Gasteiger partial charge is 0.376 e. The maximum Gasteiger partial charge on any atom is 0.107 e. The highest BCUT2D eigenvalue weighted by atomic mass is 16.5. The summed E-state index contributed by atoms with van der Waals surface area (Å²) < 4.78 is 5.46. The third-order valence-corrected chi connectivity index (χ3v) is 2.19. The van der Waals surface area contributed by atoms with Crippen LogP contribution in [-0.2, 0) is 4.74 Å². The van der Waals surface area contributed by atoms with Crippen LogP contribution < -0.4 is 0 Å². The van der Waals surface area contributed by atoms with E-state index < -0.39 is 0 Å². The van der Waals surface area contributed by atoms with E-state index in [1.54, 1.807) is 0 Å². The number of rotatable bonds is 1. The number of hydrogen-bond donors (Lipinski definition) is 0. The van der Waals surface area contributed by atoms with Gasteiger partial charge in [-0.1, -0.05) is 5.24 Å². The summed E-state index contributed by atoms with van der Waals surface area (Å²) in [6, 6.07) is 0. The highest BCUT2D eigenvalue weighted by Gasteiger charge is 2.25. The van der Waals surface area contributed by atoms with Gasteiger partial charge in [0.15, 0.2) is 0 Å². The van der Waals surface area contributed by atoms with E-state index in [1.807, 2.05) is 0 Å². The van der Waals surface area contributed by atoms with Gasteiger partial charge in [-0.15, -0.1) is 0 Å². The molecule has 0 spiro atoms. The molecule has 0 saturated carbocycles. The van der Waals surface area contributed by atoms with Crippen LogP contribution in [0, 0.1) is 0 Å². The number of hydrogen-bond acceptors (Lipinski definition) is 2. The zero-order chi connectivity index (χ0) is 8.48. The summed E-state index contributed by atoms with van der Waals surface area (Å²) in [5.74, 6) is 0. The van der Waals surface area contributed by atoms with E-state index in [-0.39, 0.29) is 0 Å². The normalized spacial score (nSPS) is 28.6. The number of morpholine rings is 1. The summed E-state index contributed by atoms with van der Waals surface area (Å²) in [6.45, 7) is 5.17. The Morgan fingerprint density at radius 1 is 1.45 bits per heavy atom. The molecule has 60 valence electrons. The van der Waals surface area contributed by atoms with Crippen LogP contribution in [-0.4, -0.2) is 59.5 Å². The van der Waals surface area contributed by atoms with E-state index in [9.17, 15) is 0 Å². The lowest BCUT2D eigenvalue weighted by atomic mass is 9.48. The minimum absolute atomic E-state index is 0.304. The molecular weight excluding hydrogens is 135 g/mol. The fraction of sp³-hybridized carbons (Fsp3) is 1.00. The molecule has 11 heavy (non-hydrogen) atoms. The fourth-order valence-corrected chi connectivity index (χ4v) is 1.43. The van der Waals surface area contributed by atoms with Crippen LogP contribution in [0.25, 0.3) is 0 Å². The van der Waals surface area contributed by atoms with Crippen molar-refractivity contribution in [1.29, 1.82) is 0 Å². The van der Waals surface area contributed by atoms with Gasteiger partial charge >= 0.3 is 0 Å². The van der Waals surface area contributed by atoms with Crippen molar-refractivity contribution in [3.8, 4) is 0 Å². The monoisotopic (exact) mass is 151 g/mol. The van der Waals surface area contributed by atoms with Crippen LogP contribution in [0.5, 0.6) is 0 Å². The minimum Gasteiger partial charge on any atom is -0.376 e. The molecule has 0 aromatic carbocycles. The summed E-state index contributed by atoms with van der Waals surface area (Å²) in [6.07, 6.45) is 0.406. The molecule has 1 fully saturated rings. The maximum absolute atomic E-state index is 5.46. The van der Waals surface area contributed by atoms with Crippen LogP contribution in [0.3, 0.4) is 0 Å². The SMILES string of the molecule is BC(B)(B)N1CCOC(C)C1. The molecule has 0 N–H and O–H groups in total. The first-order valence-electron chi connectivity index (χ1n) is 4.37. The standard InChI is InChI=1S/C6H16B3NO/c1-5-4-10(2-3-11-5)6(7,8)9/h5H,2-4,7-9H2,1H3. The predicted octanol–water partition coefficient (Wildman–Crippen LogP) is -2.78. The Kier molecular flexibility index (Phi) is 2.71. The van der Waals surface area contributed by atoms with Crippen molar-refractivity contribution in [2.75, 3.05) is 19.7 Å². The smallest absolute Gasteiger partial charge is 0.107 e. The summed E-state index contributed by atoms with van der Waals surface area (Å²) in [5, 5.41) is 0.304. The molecule has 1 aliphatic rings. The van der Waals surface area contributed by atoms with Gasteiger partial charge in [0.05, 0.1) is 12.7 Å². The zero-order valence-electron chi connectivity index (χ0n) is 8.05. The lowest BCUT2D eigenvalue weighted by molar-refractivity contribution is -0.0199. The van der Waals surface area contributed by atoms with Crippen molar-refractivity contribution in [3.05, 3.63) is 0 Å². The second kappa shape index (κ2) is 3.24. The molecule has 0 amide bonds. The summed E-state index contributed by atoms with van der Waals surface area (Å²) in [5.41, 5.74) is 0. The van der Waals surface area contributed by atoms with E-state index in [0.717, 1.165) is 19.7 Å². The molecule has 0 aromatic heterocycles. The number of ether oxygens (including phenoxy) is 1. The van der Waals surface area contributed by atoms with Gasteiger partial charge in [-0.3, -0.25) is 0 Å². The zero-order valence-corrected chi connectivity index (χ0v) is 8.05. The van der Waals surface area contributed by atoms with Crippen molar-refractivity contribution in [3.63, 3.8) is 0 Å². The van der Waals surface area contributed by atoms with Gasteiger partial charge in [0.25, 0.3) is 0 Å². The van der Waals surface area contributed by atoms with Crippen molar-refractivity contribution < 1.29 is 4.74 Å². The van der Waals surface area contributed by atoms with Gasteiger partial charge in [0.2, 0.25) is 0 Å². The van der Waals surface area contributed by atoms with Crippen LogP contribution >= 0.6 is 0 Å².